The van der Waals surface area contributed by atoms with Gasteiger partial charge in [-0.2, -0.15) is 0 Å². The van der Waals surface area contributed by atoms with Crippen LogP contribution >= 0.6 is 0 Å². The molecule has 1 aliphatic heterocycles. The smallest absolute Gasteiger partial charge is 0.335 e. The van der Waals surface area contributed by atoms with Crippen molar-refractivity contribution in [2.24, 2.45) is 7.05 Å². The average molecular weight is 501 g/mol. The molecule has 1 aliphatic rings. The Hall–Kier alpha value is -4.86. The minimum Gasteiger partial charge on any atom is -0.478 e. The molecule has 0 radical (unpaired) electrons. The number of hydrogen-bond acceptors (Lipinski definition) is 6. The van der Waals surface area contributed by atoms with Gasteiger partial charge >= 0.3 is 11.7 Å². The van der Waals surface area contributed by atoms with Crippen molar-refractivity contribution in [1.29, 1.82) is 0 Å². The van der Waals surface area contributed by atoms with Crippen LogP contribution in [-0.4, -0.2) is 32.9 Å². The highest BCUT2D eigenvalue weighted by atomic mass is 16.7. The molecule has 188 valence electrons. The van der Waals surface area contributed by atoms with E-state index >= 15 is 0 Å². The van der Waals surface area contributed by atoms with Crippen LogP contribution in [0.25, 0.3) is 10.9 Å². The van der Waals surface area contributed by atoms with E-state index in [-0.39, 0.29) is 36.7 Å². The first-order valence-electron chi connectivity index (χ1n) is 11.5. The Bertz CT molecular complexity index is 1650. The van der Waals surface area contributed by atoms with Crippen molar-refractivity contribution in [2.45, 2.75) is 19.5 Å². The van der Waals surface area contributed by atoms with Crippen LogP contribution in [0.15, 0.2) is 70.3 Å². The third kappa shape index (κ3) is 4.68. The Labute approximate surface area is 210 Å². The zero-order valence-corrected chi connectivity index (χ0v) is 19.9. The number of nitrogens with zero attached hydrogens (tertiary/aromatic N) is 2. The summed E-state index contributed by atoms with van der Waals surface area (Å²) in [6.45, 7) is 0.527. The van der Waals surface area contributed by atoms with E-state index in [1.54, 1.807) is 43.4 Å². The van der Waals surface area contributed by atoms with Crippen LogP contribution < -0.4 is 26.0 Å². The Morgan fingerprint density at radius 3 is 2.38 bits per heavy atom. The topological polar surface area (TPSA) is 129 Å². The number of carbonyl (C=O) groups is 2. The fourth-order valence-electron chi connectivity index (χ4n) is 4.24. The van der Waals surface area contributed by atoms with Crippen LogP contribution in [0.1, 0.15) is 31.8 Å². The number of aromatic carboxylic acids is 1. The second-order valence-corrected chi connectivity index (χ2v) is 8.65. The lowest BCUT2D eigenvalue weighted by Crippen LogP contribution is -2.39. The summed E-state index contributed by atoms with van der Waals surface area (Å²) < 4.78 is 13.2. The van der Waals surface area contributed by atoms with Crippen molar-refractivity contribution >= 4 is 22.8 Å². The number of aromatic nitrogens is 2. The molecule has 0 saturated heterocycles. The van der Waals surface area contributed by atoms with Gasteiger partial charge in [0.05, 0.1) is 16.5 Å². The van der Waals surface area contributed by atoms with Gasteiger partial charge in [-0.15, -0.1) is 0 Å². The van der Waals surface area contributed by atoms with Crippen LogP contribution in [0, 0.1) is 0 Å². The van der Waals surface area contributed by atoms with E-state index < -0.39 is 17.2 Å². The summed E-state index contributed by atoms with van der Waals surface area (Å²) in [6.07, 6.45) is 0.357. The molecule has 0 aliphatic carbocycles. The molecule has 0 bridgehead atoms. The maximum Gasteiger partial charge on any atom is 0.335 e. The van der Waals surface area contributed by atoms with Crippen molar-refractivity contribution in [3.05, 3.63) is 104 Å². The van der Waals surface area contributed by atoms with Gasteiger partial charge in [-0.3, -0.25) is 18.7 Å². The summed E-state index contributed by atoms with van der Waals surface area (Å²) in [5, 5.41) is 12.1. The number of nitrogens with one attached hydrogen (secondary N) is 1. The Balaban J connectivity index is 1.37. The molecule has 3 aromatic carbocycles. The number of benzene rings is 3. The van der Waals surface area contributed by atoms with E-state index in [1.807, 2.05) is 6.07 Å². The summed E-state index contributed by atoms with van der Waals surface area (Å²) in [6, 6.07) is 16.3. The van der Waals surface area contributed by atoms with E-state index in [2.05, 4.69) is 5.32 Å². The lowest BCUT2D eigenvalue weighted by molar-refractivity contribution is 0.0696. The van der Waals surface area contributed by atoms with Crippen LogP contribution in [-0.2, 0) is 26.6 Å². The van der Waals surface area contributed by atoms with Crippen LogP contribution in [0.4, 0.5) is 0 Å². The van der Waals surface area contributed by atoms with Crippen molar-refractivity contribution in [1.82, 2.24) is 14.5 Å². The highest BCUT2D eigenvalue weighted by Gasteiger charge is 2.16. The summed E-state index contributed by atoms with van der Waals surface area (Å²) in [5.41, 5.74) is 1.52. The molecule has 37 heavy (non-hydrogen) atoms. The molecule has 10 nitrogen and oxygen atoms in total. The summed E-state index contributed by atoms with van der Waals surface area (Å²) in [4.78, 5) is 50.0. The van der Waals surface area contributed by atoms with Gasteiger partial charge in [-0.25, -0.2) is 9.59 Å². The SMILES string of the molecule is Cn1c(=O)n(CCc2ccc(C(=O)O)cc2)c(=O)c2cc(C(=O)NCc3ccc4c(c3)OCO4)ccc21. The standard InChI is InChI=1S/C27H23N3O7/c1-29-21-8-7-19(24(31)28-14-17-4-9-22-23(12-17)37-15-36-22)13-20(21)25(32)30(27(29)35)11-10-16-2-5-18(6-3-16)26(33)34/h2-9,12-13H,10-11,14-15H2,1H3,(H,28,31)(H,33,34). The first-order valence-corrected chi connectivity index (χ1v) is 11.5. The highest BCUT2D eigenvalue weighted by Crippen LogP contribution is 2.32. The molecule has 1 amide bonds. The molecule has 4 aromatic rings. The molecule has 0 saturated carbocycles. The second kappa shape index (κ2) is 9.65. The number of ether oxygens (including phenoxy) is 2. The molecule has 0 atom stereocenters. The van der Waals surface area contributed by atoms with Gasteiger partial charge in [0.2, 0.25) is 6.79 Å². The third-order valence-electron chi connectivity index (χ3n) is 6.33. The first kappa shape index (κ1) is 23.9. The second-order valence-electron chi connectivity index (χ2n) is 8.65. The minimum atomic E-state index is -1.03. The molecule has 2 N–H and O–H groups in total. The summed E-state index contributed by atoms with van der Waals surface area (Å²) >= 11 is 0. The molecule has 0 spiro atoms. The zero-order valence-electron chi connectivity index (χ0n) is 19.9. The van der Waals surface area contributed by atoms with Crippen LogP contribution in [0.5, 0.6) is 11.5 Å². The number of carbonyl (C=O) groups excluding carboxylic acids is 1. The van der Waals surface area contributed by atoms with Crippen molar-refractivity contribution < 1.29 is 24.2 Å². The van der Waals surface area contributed by atoms with Crippen LogP contribution in [0.2, 0.25) is 0 Å². The van der Waals surface area contributed by atoms with Crippen molar-refractivity contribution in [3.8, 4) is 11.5 Å². The molecule has 0 unspecified atom stereocenters. The molecule has 0 fully saturated rings. The van der Waals surface area contributed by atoms with E-state index in [4.69, 9.17) is 14.6 Å². The largest absolute Gasteiger partial charge is 0.478 e. The third-order valence-corrected chi connectivity index (χ3v) is 6.33. The summed E-state index contributed by atoms with van der Waals surface area (Å²) in [5.74, 6) is -0.111. The van der Waals surface area contributed by atoms with Crippen molar-refractivity contribution in [3.63, 3.8) is 0 Å². The minimum absolute atomic E-state index is 0.106. The average Bonchev–Trinajstić information content (AvgIpc) is 3.38. The van der Waals surface area contributed by atoms with Gasteiger partial charge in [0.25, 0.3) is 11.5 Å². The van der Waals surface area contributed by atoms with Crippen LogP contribution in [0.3, 0.4) is 0 Å². The predicted molar refractivity (Wildman–Crippen MR) is 134 cm³/mol. The molecule has 2 heterocycles. The number of carboxylic acids is 1. The number of hydrogen-bond donors (Lipinski definition) is 2. The first-order chi connectivity index (χ1) is 17.8. The quantitative estimate of drug-likeness (QED) is 0.398. The number of fused-ring (bicyclic) bond motifs is 2. The van der Waals surface area contributed by atoms with Crippen molar-refractivity contribution in [2.75, 3.05) is 6.79 Å². The van der Waals surface area contributed by atoms with Gasteiger partial charge in [0.1, 0.15) is 0 Å². The molecule has 5 rings (SSSR count). The lowest BCUT2D eigenvalue weighted by atomic mass is 10.1. The Morgan fingerprint density at radius 2 is 1.62 bits per heavy atom. The van der Waals surface area contributed by atoms with Gasteiger partial charge in [-0.05, 0) is 60.0 Å². The van der Waals surface area contributed by atoms with Gasteiger partial charge in [0.15, 0.2) is 11.5 Å². The number of carboxylic acid groups (broad SMARTS) is 1. The van der Waals surface area contributed by atoms with Gasteiger partial charge < -0.3 is 19.9 Å². The van der Waals surface area contributed by atoms with E-state index in [0.717, 1.165) is 15.7 Å². The number of amides is 1. The monoisotopic (exact) mass is 501 g/mol. The number of aryl methyl sites for hydroxylation is 2. The Kier molecular flexibility index (Phi) is 6.22. The Morgan fingerprint density at radius 1 is 0.919 bits per heavy atom. The molecular weight excluding hydrogens is 478 g/mol. The predicted octanol–water partition coefficient (Wildman–Crippen LogP) is 2.30. The van der Waals surface area contributed by atoms with E-state index in [1.165, 1.54) is 22.8 Å². The molecular formula is C27H23N3O7. The maximum absolute atomic E-state index is 13.2. The lowest BCUT2D eigenvalue weighted by Gasteiger charge is -2.12. The van der Waals surface area contributed by atoms with Gasteiger partial charge in [0, 0.05) is 25.7 Å². The zero-order chi connectivity index (χ0) is 26.1. The van der Waals surface area contributed by atoms with Gasteiger partial charge in [-0.1, -0.05) is 18.2 Å². The fourth-order valence-corrected chi connectivity index (χ4v) is 4.24. The normalized spacial score (nSPS) is 12.0. The highest BCUT2D eigenvalue weighted by molar-refractivity contribution is 5.97. The summed E-state index contributed by atoms with van der Waals surface area (Å²) in [7, 11) is 1.57. The molecule has 10 heteroatoms. The van der Waals surface area contributed by atoms with E-state index in [9.17, 15) is 19.2 Å². The maximum atomic E-state index is 13.2. The van der Waals surface area contributed by atoms with E-state index in [0.29, 0.717) is 29.0 Å². The molecule has 1 aromatic heterocycles. The fraction of sp³-hybridized carbons (Fsp3) is 0.185. The number of rotatable bonds is 7.